The van der Waals surface area contributed by atoms with Crippen LogP contribution in [0.2, 0.25) is 0 Å². The van der Waals surface area contributed by atoms with Crippen LogP contribution in [0.5, 0.6) is 17.2 Å². The van der Waals surface area contributed by atoms with Gasteiger partial charge in [0.15, 0.2) is 5.17 Å². The predicted molar refractivity (Wildman–Crippen MR) is 112 cm³/mol. The number of aliphatic imine (C=N–C) groups is 1. The van der Waals surface area contributed by atoms with Gasteiger partial charge in [-0.25, -0.2) is 4.99 Å². The molecule has 6 nitrogen and oxygen atoms in total. The van der Waals surface area contributed by atoms with Crippen LogP contribution in [0.25, 0.3) is 6.08 Å². The molecule has 0 saturated carbocycles. The van der Waals surface area contributed by atoms with Crippen molar-refractivity contribution in [3.63, 3.8) is 0 Å². The van der Waals surface area contributed by atoms with E-state index in [0.29, 0.717) is 33.8 Å². The summed E-state index contributed by atoms with van der Waals surface area (Å²) in [6, 6.07) is 11.9. The van der Waals surface area contributed by atoms with Gasteiger partial charge in [0, 0.05) is 12.1 Å². The van der Waals surface area contributed by atoms with E-state index < -0.39 is 0 Å². The van der Waals surface area contributed by atoms with E-state index in [1.54, 1.807) is 67.7 Å². The number of hydrogen-bond acceptors (Lipinski definition) is 6. The van der Waals surface area contributed by atoms with Crippen LogP contribution in [-0.2, 0) is 4.79 Å². The lowest BCUT2D eigenvalue weighted by Crippen LogP contribution is -2.29. The lowest BCUT2D eigenvalue weighted by atomic mass is 10.1. The second-order valence-electron chi connectivity index (χ2n) is 5.83. The van der Waals surface area contributed by atoms with Gasteiger partial charge >= 0.3 is 0 Å². The molecule has 1 saturated heterocycles. The summed E-state index contributed by atoms with van der Waals surface area (Å²) in [4.78, 5) is 19.5. The molecule has 2 aromatic carbocycles. The Morgan fingerprint density at radius 1 is 1.18 bits per heavy atom. The molecule has 144 valence electrons. The molecule has 7 heteroatoms. The third kappa shape index (κ3) is 4.20. The Bertz CT molecular complexity index is 951. The topological polar surface area (TPSA) is 71.4 Å². The minimum absolute atomic E-state index is 0.160. The fourth-order valence-electron chi connectivity index (χ4n) is 2.61. The summed E-state index contributed by atoms with van der Waals surface area (Å²) in [7, 11) is 3.16. The fraction of sp³-hybridized carbons (Fsp3) is 0.143. The number of rotatable bonds is 6. The van der Waals surface area contributed by atoms with E-state index in [9.17, 15) is 9.90 Å². The second kappa shape index (κ2) is 8.67. The SMILES string of the molecule is C=CCN1C(=O)/C(=C/c2cc(OC)ccc2OC)SC1=Nc1ccc(O)cc1. The first-order valence-corrected chi connectivity index (χ1v) is 9.29. The summed E-state index contributed by atoms with van der Waals surface area (Å²) in [5.74, 6) is 1.31. The summed E-state index contributed by atoms with van der Waals surface area (Å²) >= 11 is 1.27. The molecule has 0 unspecified atom stereocenters. The zero-order valence-corrected chi connectivity index (χ0v) is 16.4. The molecule has 0 spiro atoms. The maximum atomic E-state index is 12.9. The molecule has 28 heavy (non-hydrogen) atoms. The Kier molecular flexibility index (Phi) is 6.06. The molecule has 1 aliphatic rings. The number of hydrogen-bond donors (Lipinski definition) is 1. The van der Waals surface area contributed by atoms with Gasteiger partial charge in [-0.05, 0) is 60.3 Å². The van der Waals surface area contributed by atoms with Gasteiger partial charge in [0.2, 0.25) is 0 Å². The number of ether oxygens (including phenoxy) is 2. The van der Waals surface area contributed by atoms with Gasteiger partial charge in [0.25, 0.3) is 5.91 Å². The molecule has 0 radical (unpaired) electrons. The van der Waals surface area contributed by atoms with Crippen LogP contribution >= 0.6 is 11.8 Å². The van der Waals surface area contributed by atoms with E-state index in [0.717, 1.165) is 5.56 Å². The maximum Gasteiger partial charge on any atom is 0.267 e. The summed E-state index contributed by atoms with van der Waals surface area (Å²) in [5.41, 5.74) is 1.38. The van der Waals surface area contributed by atoms with Crippen molar-refractivity contribution < 1.29 is 19.4 Å². The number of methoxy groups -OCH3 is 2. The van der Waals surface area contributed by atoms with Crippen LogP contribution < -0.4 is 9.47 Å². The van der Waals surface area contributed by atoms with Gasteiger partial charge < -0.3 is 14.6 Å². The van der Waals surface area contributed by atoms with Gasteiger partial charge in [-0.3, -0.25) is 9.69 Å². The van der Waals surface area contributed by atoms with Crippen LogP contribution in [0.4, 0.5) is 5.69 Å². The number of phenols is 1. The number of carbonyl (C=O) groups is 1. The lowest BCUT2D eigenvalue weighted by Gasteiger charge is -2.12. The number of amides is 1. The highest BCUT2D eigenvalue weighted by Gasteiger charge is 2.32. The predicted octanol–water partition coefficient (Wildman–Crippen LogP) is 4.20. The van der Waals surface area contributed by atoms with Crippen LogP contribution in [0, 0.1) is 0 Å². The number of nitrogens with zero attached hydrogens (tertiary/aromatic N) is 2. The maximum absolute atomic E-state index is 12.9. The van der Waals surface area contributed by atoms with Crippen molar-refractivity contribution in [2.24, 2.45) is 4.99 Å². The minimum Gasteiger partial charge on any atom is -0.508 e. The van der Waals surface area contributed by atoms with Gasteiger partial charge in [0.1, 0.15) is 17.2 Å². The number of aromatic hydroxyl groups is 1. The Balaban J connectivity index is 1.99. The van der Waals surface area contributed by atoms with Crippen LogP contribution in [0.1, 0.15) is 5.56 Å². The largest absolute Gasteiger partial charge is 0.508 e. The van der Waals surface area contributed by atoms with Crippen LogP contribution in [0.3, 0.4) is 0 Å². The monoisotopic (exact) mass is 396 g/mol. The second-order valence-corrected chi connectivity index (χ2v) is 6.84. The molecule has 0 atom stereocenters. The summed E-state index contributed by atoms with van der Waals surface area (Å²) in [6.45, 7) is 4.07. The van der Waals surface area contributed by atoms with Crippen molar-refractivity contribution in [1.29, 1.82) is 0 Å². The molecule has 1 aliphatic heterocycles. The third-order valence-corrected chi connectivity index (χ3v) is 5.00. The molecule has 0 aliphatic carbocycles. The van der Waals surface area contributed by atoms with Crippen LogP contribution in [-0.4, -0.2) is 41.8 Å². The van der Waals surface area contributed by atoms with Crippen molar-refractivity contribution in [3.05, 3.63) is 65.6 Å². The Morgan fingerprint density at radius 3 is 2.57 bits per heavy atom. The molecular formula is C21H20N2O4S. The van der Waals surface area contributed by atoms with Crippen molar-refractivity contribution in [2.75, 3.05) is 20.8 Å². The van der Waals surface area contributed by atoms with Gasteiger partial charge in [-0.1, -0.05) is 6.08 Å². The molecule has 0 aromatic heterocycles. The first-order chi connectivity index (χ1) is 13.5. The molecule has 3 rings (SSSR count). The van der Waals surface area contributed by atoms with Crippen molar-refractivity contribution in [2.45, 2.75) is 0 Å². The van der Waals surface area contributed by atoms with Crippen LogP contribution in [0.15, 0.2) is 65.0 Å². The van der Waals surface area contributed by atoms with E-state index in [2.05, 4.69) is 11.6 Å². The van der Waals surface area contributed by atoms with Crippen molar-refractivity contribution >= 4 is 34.6 Å². The summed E-state index contributed by atoms with van der Waals surface area (Å²) in [6.07, 6.45) is 3.42. The highest BCUT2D eigenvalue weighted by Crippen LogP contribution is 2.36. The summed E-state index contributed by atoms with van der Waals surface area (Å²) < 4.78 is 10.7. The van der Waals surface area contributed by atoms with E-state index in [1.807, 2.05) is 6.07 Å². The van der Waals surface area contributed by atoms with E-state index in [-0.39, 0.29) is 11.7 Å². The van der Waals surface area contributed by atoms with E-state index in [1.165, 1.54) is 11.8 Å². The van der Waals surface area contributed by atoms with Gasteiger partial charge in [-0.15, -0.1) is 6.58 Å². The molecule has 2 aromatic rings. The Labute approximate surface area is 167 Å². The van der Waals surface area contributed by atoms with Gasteiger partial charge in [0.05, 0.1) is 24.8 Å². The zero-order chi connectivity index (χ0) is 20.1. The average Bonchev–Trinajstić information content (AvgIpc) is 2.99. The Hall–Kier alpha value is -3.19. The lowest BCUT2D eigenvalue weighted by molar-refractivity contribution is -0.121. The first kappa shape index (κ1) is 19.6. The fourth-order valence-corrected chi connectivity index (χ4v) is 3.61. The zero-order valence-electron chi connectivity index (χ0n) is 15.6. The number of phenolic OH excluding ortho intramolecular Hbond substituents is 1. The number of benzene rings is 2. The summed E-state index contributed by atoms with van der Waals surface area (Å²) in [5, 5.41) is 9.98. The molecule has 1 amide bonds. The van der Waals surface area contributed by atoms with Crippen molar-refractivity contribution in [1.82, 2.24) is 4.90 Å². The smallest absolute Gasteiger partial charge is 0.267 e. The molecule has 1 fully saturated rings. The standard InChI is InChI=1S/C21H20N2O4S/c1-4-11-23-20(25)19(13-14-12-17(26-2)9-10-18(14)27-3)28-21(23)22-15-5-7-16(24)8-6-15/h4-10,12-13,24H,1,11H2,2-3H3/b19-13-,22-21?. The molecule has 0 bridgehead atoms. The molecular weight excluding hydrogens is 376 g/mol. The highest BCUT2D eigenvalue weighted by molar-refractivity contribution is 8.18. The number of amidine groups is 1. The third-order valence-electron chi connectivity index (χ3n) is 4.00. The normalized spacial score (nSPS) is 16.6. The quantitative estimate of drug-likeness (QED) is 0.585. The highest BCUT2D eigenvalue weighted by atomic mass is 32.2. The Morgan fingerprint density at radius 2 is 1.93 bits per heavy atom. The number of thioether (sulfide) groups is 1. The van der Waals surface area contributed by atoms with E-state index in [4.69, 9.17) is 9.47 Å². The number of carbonyl (C=O) groups excluding carboxylic acids is 1. The van der Waals surface area contributed by atoms with Crippen molar-refractivity contribution in [3.8, 4) is 17.2 Å². The average molecular weight is 396 g/mol. The first-order valence-electron chi connectivity index (χ1n) is 8.47. The van der Waals surface area contributed by atoms with Gasteiger partial charge in [-0.2, -0.15) is 0 Å². The molecule has 1 N–H and O–H groups in total. The minimum atomic E-state index is -0.160. The van der Waals surface area contributed by atoms with E-state index >= 15 is 0 Å². The molecule has 1 heterocycles.